The van der Waals surface area contributed by atoms with E-state index in [1.54, 1.807) is 11.0 Å². The third-order valence-electron chi connectivity index (χ3n) is 4.09. The monoisotopic (exact) mass is 336 g/mol. The van der Waals surface area contributed by atoms with Crippen LogP contribution in [-0.4, -0.2) is 53.6 Å². The van der Waals surface area contributed by atoms with E-state index in [1.165, 1.54) is 11.3 Å². The van der Waals surface area contributed by atoms with Crippen LogP contribution in [0.15, 0.2) is 17.5 Å². The molecule has 1 saturated heterocycles. The summed E-state index contributed by atoms with van der Waals surface area (Å²) < 4.78 is 0. The maximum absolute atomic E-state index is 12.2. The van der Waals surface area contributed by atoms with Crippen LogP contribution in [0.4, 0.5) is 0 Å². The van der Waals surface area contributed by atoms with E-state index in [-0.39, 0.29) is 30.4 Å². The second-order valence-corrected chi connectivity index (χ2v) is 6.71. The van der Waals surface area contributed by atoms with Crippen molar-refractivity contribution in [3.05, 3.63) is 22.4 Å². The van der Waals surface area contributed by atoms with Crippen LogP contribution in [0.3, 0.4) is 0 Å². The van der Waals surface area contributed by atoms with E-state index < -0.39 is 0 Å². The molecule has 0 aliphatic carbocycles. The number of unbranched alkanes of at least 4 members (excludes halogenated alkanes) is 1. The first-order valence-corrected chi connectivity index (χ1v) is 9.12. The van der Waals surface area contributed by atoms with Crippen molar-refractivity contribution in [1.29, 1.82) is 0 Å². The number of hydrogen-bond acceptors (Lipinski definition) is 4. The average Bonchev–Trinajstić information content (AvgIpc) is 3.12. The molecule has 5 nitrogen and oxygen atoms in total. The molecule has 1 aromatic rings. The summed E-state index contributed by atoms with van der Waals surface area (Å²) in [6.07, 6.45) is 3.04. The molecule has 2 heterocycles. The number of thiophene rings is 1. The lowest BCUT2D eigenvalue weighted by Crippen LogP contribution is -2.50. The number of Topliss-reactive ketones (excluding diaryl/α,β-unsaturated/α-hetero) is 1. The fourth-order valence-electron chi connectivity index (χ4n) is 2.63. The Kier molecular flexibility index (Phi) is 6.77. The highest BCUT2D eigenvalue weighted by atomic mass is 32.1. The van der Waals surface area contributed by atoms with Crippen molar-refractivity contribution < 1.29 is 14.4 Å². The van der Waals surface area contributed by atoms with Gasteiger partial charge in [-0.15, -0.1) is 11.3 Å². The molecule has 0 N–H and O–H groups in total. The standard InChI is InChI=1S/C17H24N2O3S/c1-2-3-6-16(21)18-9-11-19(12-10-18)17(22)8-7-14(20)15-5-4-13-23-15/h4-5,13H,2-3,6-12H2,1H3. The Bertz CT molecular complexity index is 534. The molecule has 0 aromatic carbocycles. The van der Waals surface area contributed by atoms with Crippen LogP contribution in [0, 0.1) is 0 Å². The van der Waals surface area contributed by atoms with E-state index in [0.717, 1.165) is 12.8 Å². The van der Waals surface area contributed by atoms with Crippen LogP contribution < -0.4 is 0 Å². The Morgan fingerprint density at radius 3 is 2.13 bits per heavy atom. The zero-order chi connectivity index (χ0) is 16.7. The van der Waals surface area contributed by atoms with Gasteiger partial charge in [0.1, 0.15) is 0 Å². The van der Waals surface area contributed by atoms with Crippen molar-refractivity contribution in [2.24, 2.45) is 0 Å². The summed E-state index contributed by atoms with van der Waals surface area (Å²) in [5.41, 5.74) is 0. The van der Waals surface area contributed by atoms with E-state index in [9.17, 15) is 14.4 Å². The minimum Gasteiger partial charge on any atom is -0.339 e. The molecule has 6 heteroatoms. The molecular weight excluding hydrogens is 312 g/mol. The third-order valence-corrected chi connectivity index (χ3v) is 5.00. The van der Waals surface area contributed by atoms with E-state index in [4.69, 9.17) is 0 Å². The molecule has 0 bridgehead atoms. The summed E-state index contributed by atoms with van der Waals surface area (Å²) in [4.78, 5) is 40.4. The SMILES string of the molecule is CCCCC(=O)N1CCN(C(=O)CCC(=O)c2cccs2)CC1. The second-order valence-electron chi connectivity index (χ2n) is 5.77. The van der Waals surface area contributed by atoms with Gasteiger partial charge in [-0.05, 0) is 17.9 Å². The number of hydrogen-bond donors (Lipinski definition) is 0. The van der Waals surface area contributed by atoms with Crippen molar-refractivity contribution >= 4 is 28.9 Å². The van der Waals surface area contributed by atoms with Gasteiger partial charge in [0.15, 0.2) is 5.78 Å². The fraction of sp³-hybridized carbons (Fsp3) is 0.588. The second kappa shape index (κ2) is 8.82. The molecule has 1 fully saturated rings. The Morgan fingerprint density at radius 1 is 1.00 bits per heavy atom. The molecule has 0 unspecified atom stereocenters. The lowest BCUT2D eigenvalue weighted by Gasteiger charge is -2.35. The van der Waals surface area contributed by atoms with E-state index in [0.29, 0.717) is 37.5 Å². The minimum atomic E-state index is 0.00978. The van der Waals surface area contributed by atoms with E-state index in [1.807, 2.05) is 16.3 Å². The van der Waals surface area contributed by atoms with Crippen LogP contribution in [-0.2, 0) is 9.59 Å². The smallest absolute Gasteiger partial charge is 0.223 e. The Balaban J connectivity index is 1.71. The topological polar surface area (TPSA) is 57.7 Å². The Labute approximate surface area is 141 Å². The van der Waals surface area contributed by atoms with E-state index >= 15 is 0 Å². The Hall–Kier alpha value is -1.69. The maximum Gasteiger partial charge on any atom is 0.223 e. The highest BCUT2D eigenvalue weighted by Crippen LogP contribution is 2.14. The third kappa shape index (κ3) is 5.16. The van der Waals surface area contributed by atoms with Gasteiger partial charge in [0.2, 0.25) is 11.8 Å². The summed E-state index contributed by atoms with van der Waals surface area (Å²) >= 11 is 1.41. The van der Waals surface area contributed by atoms with Gasteiger partial charge in [-0.3, -0.25) is 14.4 Å². The summed E-state index contributed by atoms with van der Waals surface area (Å²) in [7, 11) is 0. The molecule has 23 heavy (non-hydrogen) atoms. The van der Waals surface area contributed by atoms with Crippen molar-refractivity contribution in [3.63, 3.8) is 0 Å². The van der Waals surface area contributed by atoms with Gasteiger partial charge in [0.25, 0.3) is 0 Å². The highest BCUT2D eigenvalue weighted by Gasteiger charge is 2.24. The van der Waals surface area contributed by atoms with Crippen molar-refractivity contribution in [3.8, 4) is 0 Å². The molecule has 2 rings (SSSR count). The van der Waals surface area contributed by atoms with Crippen LogP contribution in [0.2, 0.25) is 0 Å². The first-order valence-electron chi connectivity index (χ1n) is 8.24. The number of carbonyl (C=O) groups excluding carboxylic acids is 3. The van der Waals surface area contributed by atoms with Gasteiger partial charge in [0.05, 0.1) is 4.88 Å². The molecule has 0 atom stereocenters. The number of rotatable bonds is 7. The number of amides is 2. The minimum absolute atomic E-state index is 0.00978. The summed E-state index contributed by atoms with van der Waals surface area (Å²) in [6.45, 7) is 4.43. The first-order chi connectivity index (χ1) is 11.1. The molecule has 1 aromatic heterocycles. The summed E-state index contributed by atoms with van der Waals surface area (Å²) in [6, 6.07) is 3.63. The predicted octanol–water partition coefficient (Wildman–Crippen LogP) is 2.57. The van der Waals surface area contributed by atoms with Crippen molar-refractivity contribution in [1.82, 2.24) is 9.80 Å². The van der Waals surface area contributed by atoms with Crippen LogP contribution in [0.5, 0.6) is 0 Å². The van der Waals surface area contributed by atoms with Gasteiger partial charge in [-0.25, -0.2) is 0 Å². The number of piperazine rings is 1. The normalized spacial score (nSPS) is 14.8. The maximum atomic E-state index is 12.2. The van der Waals surface area contributed by atoms with Gasteiger partial charge in [-0.2, -0.15) is 0 Å². The average molecular weight is 336 g/mol. The fourth-order valence-corrected chi connectivity index (χ4v) is 3.32. The lowest BCUT2D eigenvalue weighted by atomic mass is 10.1. The molecule has 1 aliphatic rings. The Morgan fingerprint density at radius 2 is 1.61 bits per heavy atom. The largest absolute Gasteiger partial charge is 0.339 e. The van der Waals surface area contributed by atoms with Gasteiger partial charge < -0.3 is 9.80 Å². The summed E-state index contributed by atoms with van der Waals surface area (Å²) in [5, 5.41) is 1.86. The van der Waals surface area contributed by atoms with Crippen LogP contribution >= 0.6 is 11.3 Å². The molecule has 2 amide bonds. The van der Waals surface area contributed by atoms with Crippen molar-refractivity contribution in [2.45, 2.75) is 39.0 Å². The molecule has 126 valence electrons. The number of carbonyl (C=O) groups is 3. The molecule has 0 radical (unpaired) electrons. The first kappa shape index (κ1) is 17.7. The van der Waals surface area contributed by atoms with Crippen molar-refractivity contribution in [2.75, 3.05) is 26.2 Å². The zero-order valence-electron chi connectivity index (χ0n) is 13.6. The van der Waals surface area contributed by atoms with Crippen LogP contribution in [0.25, 0.3) is 0 Å². The van der Waals surface area contributed by atoms with Gasteiger partial charge in [-0.1, -0.05) is 19.4 Å². The lowest BCUT2D eigenvalue weighted by molar-refractivity contribution is -0.139. The number of ketones is 1. The predicted molar refractivity (Wildman–Crippen MR) is 90.6 cm³/mol. The molecular formula is C17H24N2O3S. The molecule has 0 spiro atoms. The van der Waals surface area contributed by atoms with Gasteiger partial charge in [0, 0.05) is 45.4 Å². The van der Waals surface area contributed by atoms with Crippen LogP contribution in [0.1, 0.15) is 48.7 Å². The zero-order valence-corrected chi connectivity index (χ0v) is 14.4. The summed E-state index contributed by atoms with van der Waals surface area (Å²) in [5.74, 6) is 0.226. The highest BCUT2D eigenvalue weighted by molar-refractivity contribution is 7.12. The molecule has 1 aliphatic heterocycles. The number of nitrogens with zero attached hydrogens (tertiary/aromatic N) is 2. The van der Waals surface area contributed by atoms with E-state index in [2.05, 4.69) is 6.92 Å². The van der Waals surface area contributed by atoms with Gasteiger partial charge >= 0.3 is 0 Å². The molecule has 0 saturated carbocycles. The quantitative estimate of drug-likeness (QED) is 0.719.